The Morgan fingerprint density at radius 2 is 1.62 bits per heavy atom. The van der Waals surface area contributed by atoms with Gasteiger partial charge in [0.25, 0.3) is 5.91 Å². The SMILES string of the molecule is CC(C)c1ccc(C(=O)CC2(O)C(=O)N(C/C=C/c3ccccc3)c3ccccc32)cc1. The van der Waals surface area contributed by atoms with E-state index in [1.54, 1.807) is 29.2 Å². The van der Waals surface area contributed by atoms with Crippen molar-refractivity contribution < 1.29 is 14.7 Å². The first-order chi connectivity index (χ1) is 15.4. The highest BCUT2D eigenvalue weighted by molar-refractivity contribution is 6.11. The van der Waals surface area contributed by atoms with Crippen molar-refractivity contribution in [3.8, 4) is 0 Å². The number of carbonyl (C=O) groups excluding carboxylic acids is 2. The van der Waals surface area contributed by atoms with Gasteiger partial charge in [-0.2, -0.15) is 0 Å². The minimum Gasteiger partial charge on any atom is -0.375 e. The fourth-order valence-corrected chi connectivity index (χ4v) is 4.11. The van der Waals surface area contributed by atoms with Gasteiger partial charge in [0, 0.05) is 17.7 Å². The van der Waals surface area contributed by atoms with Crippen LogP contribution >= 0.6 is 0 Å². The lowest BCUT2D eigenvalue weighted by atomic mass is 9.87. The van der Waals surface area contributed by atoms with E-state index in [0.29, 0.717) is 29.3 Å². The second kappa shape index (κ2) is 8.93. The van der Waals surface area contributed by atoms with E-state index < -0.39 is 11.5 Å². The number of para-hydroxylation sites is 1. The lowest BCUT2D eigenvalue weighted by Crippen LogP contribution is -2.42. The highest BCUT2D eigenvalue weighted by Gasteiger charge is 2.50. The number of rotatable bonds is 7. The minimum absolute atomic E-state index is 0.257. The summed E-state index contributed by atoms with van der Waals surface area (Å²) in [4.78, 5) is 27.9. The monoisotopic (exact) mass is 425 g/mol. The summed E-state index contributed by atoms with van der Waals surface area (Å²) in [6.07, 6.45) is 3.54. The molecule has 0 fully saturated rings. The Labute approximate surface area is 188 Å². The molecule has 162 valence electrons. The molecule has 0 saturated carbocycles. The molecule has 0 spiro atoms. The second-order valence-corrected chi connectivity index (χ2v) is 8.48. The Hall–Kier alpha value is -3.50. The van der Waals surface area contributed by atoms with E-state index in [1.165, 1.54) is 0 Å². The predicted molar refractivity (Wildman–Crippen MR) is 128 cm³/mol. The summed E-state index contributed by atoms with van der Waals surface area (Å²) >= 11 is 0. The lowest BCUT2D eigenvalue weighted by Gasteiger charge is -2.22. The molecule has 3 aromatic rings. The summed E-state index contributed by atoms with van der Waals surface area (Å²) in [5.74, 6) is -0.361. The van der Waals surface area contributed by atoms with Crippen LogP contribution in [0.15, 0.2) is 84.9 Å². The van der Waals surface area contributed by atoms with E-state index in [2.05, 4.69) is 13.8 Å². The van der Waals surface area contributed by atoms with Crippen molar-refractivity contribution >= 4 is 23.5 Å². The topological polar surface area (TPSA) is 57.6 Å². The van der Waals surface area contributed by atoms with Gasteiger partial charge >= 0.3 is 0 Å². The van der Waals surface area contributed by atoms with Crippen LogP contribution in [0.4, 0.5) is 5.69 Å². The van der Waals surface area contributed by atoms with Crippen molar-refractivity contribution in [2.75, 3.05) is 11.4 Å². The van der Waals surface area contributed by atoms with Crippen LogP contribution in [-0.4, -0.2) is 23.3 Å². The number of ketones is 1. The summed E-state index contributed by atoms with van der Waals surface area (Å²) in [6.45, 7) is 4.49. The van der Waals surface area contributed by atoms with Gasteiger partial charge in [0.1, 0.15) is 0 Å². The van der Waals surface area contributed by atoms with Crippen LogP contribution in [0, 0.1) is 0 Å². The lowest BCUT2D eigenvalue weighted by molar-refractivity contribution is -0.135. The molecule has 1 aliphatic rings. The fraction of sp³-hybridized carbons (Fsp3) is 0.214. The third-order valence-corrected chi connectivity index (χ3v) is 5.95. The molecule has 1 heterocycles. The van der Waals surface area contributed by atoms with Crippen LogP contribution in [0.1, 0.15) is 53.2 Å². The van der Waals surface area contributed by atoms with Gasteiger partial charge in [0.05, 0.1) is 12.1 Å². The maximum absolute atomic E-state index is 13.3. The number of benzene rings is 3. The molecule has 0 bridgehead atoms. The zero-order chi connectivity index (χ0) is 22.7. The predicted octanol–water partition coefficient (Wildman–Crippen LogP) is 5.33. The van der Waals surface area contributed by atoms with Crippen LogP contribution in [0.5, 0.6) is 0 Å². The maximum atomic E-state index is 13.3. The summed E-state index contributed by atoms with van der Waals surface area (Å²) in [7, 11) is 0. The van der Waals surface area contributed by atoms with Gasteiger partial charge in [0.15, 0.2) is 11.4 Å². The van der Waals surface area contributed by atoms with Crippen LogP contribution in [0.25, 0.3) is 6.08 Å². The van der Waals surface area contributed by atoms with E-state index in [-0.39, 0.29) is 12.2 Å². The van der Waals surface area contributed by atoms with Gasteiger partial charge < -0.3 is 10.0 Å². The van der Waals surface area contributed by atoms with E-state index >= 15 is 0 Å². The zero-order valence-corrected chi connectivity index (χ0v) is 18.4. The third-order valence-electron chi connectivity index (χ3n) is 5.95. The number of aliphatic hydroxyl groups is 1. The molecule has 0 radical (unpaired) electrons. The van der Waals surface area contributed by atoms with Crippen molar-refractivity contribution in [3.63, 3.8) is 0 Å². The van der Waals surface area contributed by atoms with Gasteiger partial charge in [-0.3, -0.25) is 9.59 Å². The molecule has 4 nitrogen and oxygen atoms in total. The van der Waals surface area contributed by atoms with Gasteiger partial charge in [-0.15, -0.1) is 0 Å². The first-order valence-electron chi connectivity index (χ1n) is 10.9. The summed E-state index contributed by atoms with van der Waals surface area (Å²) in [5, 5.41) is 11.4. The van der Waals surface area contributed by atoms with Gasteiger partial charge in [-0.05, 0) is 23.1 Å². The molecule has 4 rings (SSSR count). The second-order valence-electron chi connectivity index (χ2n) is 8.48. The minimum atomic E-state index is -1.87. The molecule has 0 aliphatic carbocycles. The van der Waals surface area contributed by atoms with E-state index in [4.69, 9.17) is 0 Å². The Kier molecular flexibility index (Phi) is 6.06. The third kappa shape index (κ3) is 4.14. The zero-order valence-electron chi connectivity index (χ0n) is 18.4. The quantitative estimate of drug-likeness (QED) is 0.521. The number of Topliss-reactive ketones (excluding diaryl/α,β-unsaturated/α-hetero) is 1. The summed E-state index contributed by atoms with van der Waals surface area (Å²) in [5.41, 5.74) is 1.91. The molecule has 1 aliphatic heterocycles. The number of nitrogens with zero attached hydrogens (tertiary/aromatic N) is 1. The molecule has 3 aromatic carbocycles. The number of fused-ring (bicyclic) bond motifs is 1. The molecule has 1 amide bonds. The van der Waals surface area contributed by atoms with Crippen molar-refractivity contribution in [2.45, 2.75) is 31.8 Å². The van der Waals surface area contributed by atoms with E-state index in [1.807, 2.05) is 66.7 Å². The van der Waals surface area contributed by atoms with Gasteiger partial charge in [-0.1, -0.05) is 98.8 Å². The summed E-state index contributed by atoms with van der Waals surface area (Å²) < 4.78 is 0. The Balaban J connectivity index is 1.57. The Morgan fingerprint density at radius 1 is 0.969 bits per heavy atom. The van der Waals surface area contributed by atoms with Crippen molar-refractivity contribution in [1.29, 1.82) is 0 Å². The molecule has 1 N–H and O–H groups in total. The molecule has 0 aromatic heterocycles. The van der Waals surface area contributed by atoms with Crippen molar-refractivity contribution in [1.82, 2.24) is 0 Å². The van der Waals surface area contributed by atoms with E-state index in [0.717, 1.165) is 11.1 Å². The number of hydrogen-bond donors (Lipinski definition) is 1. The van der Waals surface area contributed by atoms with Crippen molar-refractivity contribution in [2.24, 2.45) is 0 Å². The largest absolute Gasteiger partial charge is 0.375 e. The molecular weight excluding hydrogens is 398 g/mol. The fourth-order valence-electron chi connectivity index (χ4n) is 4.11. The Bertz CT molecular complexity index is 1150. The van der Waals surface area contributed by atoms with Crippen LogP contribution in [-0.2, 0) is 10.4 Å². The first-order valence-corrected chi connectivity index (χ1v) is 10.9. The first kappa shape index (κ1) is 21.7. The van der Waals surface area contributed by atoms with Crippen LogP contribution in [0.2, 0.25) is 0 Å². The standard InChI is InChI=1S/C28H27NO3/c1-20(2)22-14-16-23(17-15-22)26(30)19-28(32)24-12-6-7-13-25(24)29(27(28)31)18-8-11-21-9-4-3-5-10-21/h3-17,20,32H,18-19H2,1-2H3/b11-8+. The van der Waals surface area contributed by atoms with Gasteiger partial charge in [-0.25, -0.2) is 0 Å². The Morgan fingerprint density at radius 3 is 2.31 bits per heavy atom. The highest BCUT2D eigenvalue weighted by Crippen LogP contribution is 2.42. The van der Waals surface area contributed by atoms with Crippen molar-refractivity contribution in [3.05, 3.63) is 107 Å². The highest BCUT2D eigenvalue weighted by atomic mass is 16.3. The smallest absolute Gasteiger partial charge is 0.264 e. The normalized spacial score (nSPS) is 17.9. The number of hydrogen-bond acceptors (Lipinski definition) is 3. The average Bonchev–Trinajstić information content (AvgIpc) is 3.01. The molecule has 1 atom stereocenters. The van der Waals surface area contributed by atoms with Crippen LogP contribution in [0.3, 0.4) is 0 Å². The maximum Gasteiger partial charge on any atom is 0.264 e. The molecule has 32 heavy (non-hydrogen) atoms. The molecular formula is C28H27NO3. The number of anilines is 1. The molecule has 4 heteroatoms. The number of amides is 1. The number of carbonyl (C=O) groups is 2. The van der Waals surface area contributed by atoms with Crippen LogP contribution < -0.4 is 4.90 Å². The summed E-state index contributed by atoms with van der Waals surface area (Å²) in [6, 6.07) is 24.4. The van der Waals surface area contributed by atoms with Gasteiger partial charge in [0.2, 0.25) is 0 Å². The molecule has 1 unspecified atom stereocenters. The molecule has 0 saturated heterocycles. The van der Waals surface area contributed by atoms with E-state index in [9.17, 15) is 14.7 Å². The average molecular weight is 426 g/mol.